The van der Waals surface area contributed by atoms with Gasteiger partial charge >= 0.3 is 0 Å². The fourth-order valence-corrected chi connectivity index (χ4v) is 8.85. The summed E-state index contributed by atoms with van der Waals surface area (Å²) in [5.74, 6) is 0. The Bertz CT molecular complexity index is 2700. The summed E-state index contributed by atoms with van der Waals surface area (Å²) in [6.07, 6.45) is 0. The van der Waals surface area contributed by atoms with E-state index < -0.39 is 0 Å². The zero-order valence-corrected chi connectivity index (χ0v) is 31.4. The van der Waals surface area contributed by atoms with Crippen LogP contribution in [0.15, 0.2) is 109 Å². The second-order valence-electron chi connectivity index (χ2n) is 14.7. The molecule has 0 saturated carbocycles. The van der Waals surface area contributed by atoms with Crippen molar-refractivity contribution in [1.29, 1.82) is 0 Å². The third-order valence-corrected chi connectivity index (χ3v) is 10.8. The van der Waals surface area contributed by atoms with Crippen LogP contribution in [0.3, 0.4) is 0 Å². The first-order valence-electron chi connectivity index (χ1n) is 18.4. The van der Waals surface area contributed by atoms with Crippen molar-refractivity contribution in [2.75, 3.05) is 0 Å². The average Bonchev–Trinajstić information content (AvgIpc) is 3.14. The SMILES string of the molecule is Cc1cc(C)c(-c2c3cccc4c#cc#cc5cccc6c(-c7c(C)cc(C)cc7C)c7cccc(c#cc#cc8cccc2c8cc43)c7cc56)c(C)c1. The van der Waals surface area contributed by atoms with E-state index in [1.165, 1.54) is 77.2 Å². The van der Waals surface area contributed by atoms with Gasteiger partial charge in [-0.1, -0.05) is 108 Å². The van der Waals surface area contributed by atoms with Crippen molar-refractivity contribution in [3.63, 3.8) is 0 Å². The molecule has 4 bridgehead atoms. The normalized spacial score (nSPS) is 10.9. The lowest BCUT2D eigenvalue weighted by Gasteiger charge is -2.17. The summed E-state index contributed by atoms with van der Waals surface area (Å²) in [6, 6.07) is 66.2. The van der Waals surface area contributed by atoms with Crippen LogP contribution in [-0.4, -0.2) is 0 Å². The van der Waals surface area contributed by atoms with E-state index in [4.69, 9.17) is 0 Å². The molecule has 0 saturated heterocycles. The summed E-state index contributed by atoms with van der Waals surface area (Å²) in [5.41, 5.74) is 12.5. The first kappa shape index (κ1) is 32.9. The highest BCUT2D eigenvalue weighted by molar-refractivity contribution is 6.21. The second kappa shape index (κ2) is 12.9. The fraction of sp³-hybridized carbons (Fsp3) is 0.111. The van der Waals surface area contributed by atoms with Crippen LogP contribution in [0.25, 0.3) is 86.9 Å². The monoisotopic (exact) mass is 684 g/mol. The first-order chi connectivity index (χ1) is 26.3. The number of rotatable bonds is 2. The smallest absolute Gasteiger partial charge is 0.0334 e. The molecule has 9 aromatic rings. The summed E-state index contributed by atoms with van der Waals surface area (Å²) in [5, 5.41) is 12.8. The minimum atomic E-state index is 0.942. The van der Waals surface area contributed by atoms with Gasteiger partial charge in [-0.2, -0.15) is 0 Å². The van der Waals surface area contributed by atoms with E-state index in [-0.39, 0.29) is 0 Å². The molecule has 0 nitrogen and oxygen atoms in total. The van der Waals surface area contributed by atoms with Crippen molar-refractivity contribution in [1.82, 2.24) is 0 Å². The molecule has 0 atom stereocenters. The average molecular weight is 685 g/mol. The topological polar surface area (TPSA) is 0 Å². The van der Waals surface area contributed by atoms with Crippen molar-refractivity contribution >= 4 is 64.6 Å². The number of hydrogen-bond donors (Lipinski definition) is 0. The van der Waals surface area contributed by atoms with Crippen LogP contribution >= 0.6 is 0 Å². The van der Waals surface area contributed by atoms with Crippen LogP contribution in [0.1, 0.15) is 33.4 Å². The molecule has 0 spiro atoms. The zero-order valence-electron chi connectivity index (χ0n) is 31.4. The summed E-state index contributed by atoms with van der Waals surface area (Å²) in [6.45, 7) is 13.2. The van der Waals surface area contributed by atoms with Gasteiger partial charge in [0.05, 0.1) is 0 Å². The molecule has 0 aliphatic rings. The van der Waals surface area contributed by atoms with Crippen LogP contribution in [0.4, 0.5) is 0 Å². The van der Waals surface area contributed by atoms with Crippen molar-refractivity contribution < 1.29 is 0 Å². The summed E-state index contributed by atoms with van der Waals surface area (Å²) in [7, 11) is 0. The van der Waals surface area contributed by atoms with E-state index in [2.05, 4.69) is 199 Å². The van der Waals surface area contributed by atoms with Gasteiger partial charge in [-0.15, -0.1) is 0 Å². The molecule has 0 unspecified atom stereocenters. The summed E-state index contributed by atoms with van der Waals surface area (Å²) < 4.78 is 0. The number of aryl methyl sites for hydroxylation is 6. The van der Waals surface area contributed by atoms with Gasteiger partial charge in [0.2, 0.25) is 0 Å². The largest absolute Gasteiger partial charge is 0.0604 e. The molecule has 54 heavy (non-hydrogen) atoms. The highest BCUT2D eigenvalue weighted by Gasteiger charge is 2.17. The third-order valence-electron chi connectivity index (χ3n) is 10.8. The lowest BCUT2D eigenvalue weighted by molar-refractivity contribution is 1.33. The van der Waals surface area contributed by atoms with Gasteiger partial charge in [0.1, 0.15) is 0 Å². The Hall–Kier alpha value is -6.96. The Kier molecular flexibility index (Phi) is 7.87. The lowest BCUT2D eigenvalue weighted by Crippen LogP contribution is -1.93. The van der Waals surface area contributed by atoms with Crippen LogP contribution in [0.5, 0.6) is 0 Å². The Balaban J connectivity index is 1.43. The van der Waals surface area contributed by atoms with Gasteiger partial charge in [0, 0.05) is 21.5 Å². The first-order valence-corrected chi connectivity index (χ1v) is 18.4. The van der Waals surface area contributed by atoms with Gasteiger partial charge < -0.3 is 0 Å². The van der Waals surface area contributed by atoms with Crippen molar-refractivity contribution in [3.05, 3.63) is 191 Å². The van der Waals surface area contributed by atoms with Gasteiger partial charge in [0.25, 0.3) is 0 Å². The number of hydrogen-bond acceptors (Lipinski definition) is 0. The lowest BCUT2D eigenvalue weighted by atomic mass is 9.86. The van der Waals surface area contributed by atoms with E-state index in [1.807, 2.05) is 0 Å². The van der Waals surface area contributed by atoms with Crippen molar-refractivity contribution in [2.45, 2.75) is 41.5 Å². The Labute approximate surface area is 318 Å². The molecule has 0 amide bonds. The minimum Gasteiger partial charge on any atom is -0.0604 e. The molecule has 0 aliphatic carbocycles. The minimum absolute atomic E-state index is 0.942. The summed E-state index contributed by atoms with van der Waals surface area (Å²) >= 11 is 0. The quantitative estimate of drug-likeness (QED) is 0.159. The third kappa shape index (κ3) is 5.41. The van der Waals surface area contributed by atoms with E-state index in [1.54, 1.807) is 0 Å². The van der Waals surface area contributed by atoms with Crippen LogP contribution in [-0.2, 0) is 0 Å². The maximum atomic E-state index is 3.46. The van der Waals surface area contributed by atoms with Gasteiger partial charge in [-0.3, -0.25) is 0 Å². The van der Waals surface area contributed by atoms with Gasteiger partial charge in [-0.25, -0.2) is 0 Å². The van der Waals surface area contributed by atoms with Crippen LogP contribution in [0, 0.1) is 90.1 Å². The molecule has 0 fully saturated rings. The number of benzene rings is 8. The van der Waals surface area contributed by atoms with Crippen LogP contribution < -0.4 is 0 Å². The fourth-order valence-electron chi connectivity index (χ4n) is 8.85. The van der Waals surface area contributed by atoms with E-state index in [0.29, 0.717) is 0 Å². The van der Waals surface area contributed by atoms with Crippen LogP contribution in [0.2, 0.25) is 0 Å². The van der Waals surface area contributed by atoms with E-state index in [0.717, 1.165) is 43.1 Å². The summed E-state index contributed by atoms with van der Waals surface area (Å²) in [4.78, 5) is 0. The predicted molar refractivity (Wildman–Crippen MR) is 228 cm³/mol. The predicted octanol–water partition coefficient (Wildman–Crippen LogP) is 13.9. The van der Waals surface area contributed by atoms with Crippen molar-refractivity contribution in [3.8, 4) is 22.3 Å². The highest BCUT2D eigenvalue weighted by Crippen LogP contribution is 2.43. The molecular weight excluding hydrogens is 649 g/mol. The second-order valence-corrected chi connectivity index (χ2v) is 14.7. The zero-order chi connectivity index (χ0) is 37.1. The molecule has 0 heteroatoms. The molecule has 0 aliphatic heterocycles. The van der Waals surface area contributed by atoms with Gasteiger partial charge in [0.15, 0.2) is 0 Å². The maximum absolute atomic E-state index is 3.46. The molecular formula is C54H36. The molecule has 0 heterocycles. The molecule has 0 radical (unpaired) electrons. The Morgan fingerprint density at radius 2 is 0.537 bits per heavy atom. The standard InChI is InChI=1S/C54H36/c1-33-27-35(3)51(36(4)28-33)53-43-23-11-19-39-15-7-9-17-41-21-13-25-45-49(41)32-50-42(18-10-8-16-40-20-12-24-44(53)48(40)31-47(39)43)22-14-26-46(50)54(45)52-37(5)29-34(2)30-38(52)6/h11-14,19-32H,1-6H3. The van der Waals surface area contributed by atoms with E-state index in [9.17, 15) is 0 Å². The molecule has 9 aromatic carbocycles. The Morgan fingerprint density at radius 3 is 0.796 bits per heavy atom. The molecule has 252 valence electrons. The molecule has 0 aromatic heterocycles. The molecule has 9 rings (SSSR count). The Morgan fingerprint density at radius 1 is 0.278 bits per heavy atom. The van der Waals surface area contributed by atoms with Crippen molar-refractivity contribution in [2.24, 2.45) is 0 Å². The van der Waals surface area contributed by atoms with Gasteiger partial charge in [-0.05, 0) is 190 Å². The molecule has 0 N–H and O–H groups in total. The highest BCUT2D eigenvalue weighted by atomic mass is 14.2. The maximum Gasteiger partial charge on any atom is 0.0334 e. The van der Waals surface area contributed by atoms with E-state index >= 15 is 0 Å².